The molecule has 156 valence electrons. The molecule has 0 saturated heterocycles. The molecule has 0 spiro atoms. The molecule has 0 saturated carbocycles. The molecular formula is C23H22BrNO4S. The van der Waals surface area contributed by atoms with Crippen LogP contribution in [-0.2, 0) is 27.0 Å². The van der Waals surface area contributed by atoms with Gasteiger partial charge in [0.2, 0.25) is 5.91 Å². The lowest BCUT2D eigenvalue weighted by Gasteiger charge is -2.14. The summed E-state index contributed by atoms with van der Waals surface area (Å²) in [6.45, 7) is 2.26. The number of carbonyl (C=O) groups excluding carboxylic acids is 1. The molecule has 0 atom stereocenters. The van der Waals surface area contributed by atoms with E-state index in [1.807, 2.05) is 55.5 Å². The van der Waals surface area contributed by atoms with Crippen LogP contribution in [0.5, 0.6) is 5.75 Å². The molecule has 3 aromatic rings. The fraction of sp³-hybridized carbons (Fsp3) is 0.174. The van der Waals surface area contributed by atoms with Gasteiger partial charge >= 0.3 is 0 Å². The first-order valence-corrected chi connectivity index (χ1v) is 11.9. The van der Waals surface area contributed by atoms with Crippen LogP contribution in [0, 0.1) is 6.92 Å². The van der Waals surface area contributed by atoms with Gasteiger partial charge in [-0.1, -0.05) is 64.5 Å². The number of amides is 1. The number of nitrogens with one attached hydrogen (secondary N) is 1. The minimum atomic E-state index is -3.62. The third-order valence-corrected chi connectivity index (χ3v) is 6.24. The van der Waals surface area contributed by atoms with Crippen LogP contribution in [0.15, 0.2) is 77.3 Å². The Balaban J connectivity index is 1.67. The lowest BCUT2D eigenvalue weighted by atomic mass is 10.2. The van der Waals surface area contributed by atoms with Crippen LogP contribution in [0.4, 0.5) is 5.69 Å². The van der Waals surface area contributed by atoms with E-state index >= 15 is 0 Å². The molecule has 1 N–H and O–H groups in total. The zero-order chi connectivity index (χ0) is 21.6. The number of hydrogen-bond donors (Lipinski definition) is 1. The highest BCUT2D eigenvalue weighted by molar-refractivity contribution is 9.10. The number of halogens is 1. The van der Waals surface area contributed by atoms with E-state index < -0.39 is 21.5 Å². The van der Waals surface area contributed by atoms with Crippen LogP contribution in [-0.4, -0.2) is 20.1 Å². The Hall–Kier alpha value is -2.64. The van der Waals surface area contributed by atoms with Crippen molar-refractivity contribution in [3.8, 4) is 5.75 Å². The maximum Gasteiger partial charge on any atom is 0.239 e. The van der Waals surface area contributed by atoms with Gasteiger partial charge in [0.05, 0.1) is 11.4 Å². The predicted octanol–water partition coefficient (Wildman–Crippen LogP) is 4.89. The number of benzene rings is 3. The molecule has 0 aliphatic rings. The van der Waals surface area contributed by atoms with Crippen molar-refractivity contribution in [1.82, 2.24) is 0 Å². The Kier molecular flexibility index (Phi) is 7.29. The standard InChI is InChI=1S/C23H22BrNO4S/c1-17-10-11-21(22(12-17)29-14-18-6-3-2-4-7-18)25-23(26)16-30(27,28)15-19-8-5-9-20(24)13-19/h2-13H,14-16H2,1H3,(H,25,26). The maximum absolute atomic E-state index is 12.5. The maximum atomic E-state index is 12.5. The molecule has 5 nitrogen and oxygen atoms in total. The molecule has 0 aliphatic heterocycles. The first-order valence-electron chi connectivity index (χ1n) is 9.33. The van der Waals surface area contributed by atoms with Crippen LogP contribution in [0.3, 0.4) is 0 Å². The van der Waals surface area contributed by atoms with Gasteiger partial charge in [-0.05, 0) is 47.9 Å². The number of anilines is 1. The average molecular weight is 488 g/mol. The van der Waals surface area contributed by atoms with Crippen molar-refractivity contribution >= 4 is 37.4 Å². The van der Waals surface area contributed by atoms with Crippen molar-refractivity contribution in [2.24, 2.45) is 0 Å². The van der Waals surface area contributed by atoms with Gasteiger partial charge in [0.15, 0.2) is 9.84 Å². The van der Waals surface area contributed by atoms with Gasteiger partial charge in [-0.2, -0.15) is 0 Å². The fourth-order valence-electron chi connectivity index (χ4n) is 2.91. The quantitative estimate of drug-likeness (QED) is 0.490. The molecule has 7 heteroatoms. The monoisotopic (exact) mass is 487 g/mol. The summed E-state index contributed by atoms with van der Waals surface area (Å²) in [5, 5.41) is 2.67. The van der Waals surface area contributed by atoms with Crippen LogP contribution in [0.2, 0.25) is 0 Å². The minimum absolute atomic E-state index is 0.203. The normalized spacial score (nSPS) is 11.1. The topological polar surface area (TPSA) is 72.5 Å². The van der Waals surface area contributed by atoms with Crippen LogP contribution >= 0.6 is 15.9 Å². The summed E-state index contributed by atoms with van der Waals surface area (Å²) >= 11 is 3.32. The summed E-state index contributed by atoms with van der Waals surface area (Å²) in [4.78, 5) is 12.4. The molecule has 0 fully saturated rings. The molecule has 30 heavy (non-hydrogen) atoms. The third-order valence-electron chi connectivity index (χ3n) is 4.27. The van der Waals surface area contributed by atoms with Gasteiger partial charge in [0, 0.05) is 4.47 Å². The predicted molar refractivity (Wildman–Crippen MR) is 122 cm³/mol. The van der Waals surface area contributed by atoms with Crippen molar-refractivity contribution in [2.75, 3.05) is 11.1 Å². The zero-order valence-electron chi connectivity index (χ0n) is 16.5. The van der Waals surface area contributed by atoms with E-state index in [-0.39, 0.29) is 5.75 Å². The molecule has 0 unspecified atom stereocenters. The number of hydrogen-bond acceptors (Lipinski definition) is 4. The van der Waals surface area contributed by atoms with E-state index in [0.29, 0.717) is 23.6 Å². The molecule has 1 amide bonds. The molecule has 0 radical (unpaired) electrons. The summed E-state index contributed by atoms with van der Waals surface area (Å²) in [5.41, 5.74) is 3.03. The van der Waals surface area contributed by atoms with Crippen molar-refractivity contribution in [1.29, 1.82) is 0 Å². The van der Waals surface area contributed by atoms with Gasteiger partial charge in [0.25, 0.3) is 0 Å². The number of aryl methyl sites for hydroxylation is 1. The van der Waals surface area contributed by atoms with E-state index in [4.69, 9.17) is 4.74 Å². The Labute approximate surface area is 185 Å². The highest BCUT2D eigenvalue weighted by Crippen LogP contribution is 2.27. The molecule has 0 aliphatic carbocycles. The second-order valence-corrected chi connectivity index (χ2v) is 9.96. The fourth-order valence-corrected chi connectivity index (χ4v) is 4.61. The van der Waals surface area contributed by atoms with E-state index in [9.17, 15) is 13.2 Å². The van der Waals surface area contributed by atoms with Gasteiger partial charge in [-0.3, -0.25) is 4.79 Å². The second-order valence-electron chi connectivity index (χ2n) is 6.98. The van der Waals surface area contributed by atoms with E-state index in [1.54, 1.807) is 24.3 Å². The Morgan fingerprint density at radius 3 is 2.43 bits per heavy atom. The lowest BCUT2D eigenvalue weighted by molar-refractivity contribution is -0.113. The van der Waals surface area contributed by atoms with E-state index in [0.717, 1.165) is 15.6 Å². The number of sulfone groups is 1. The van der Waals surface area contributed by atoms with Crippen LogP contribution < -0.4 is 10.1 Å². The Bertz CT molecular complexity index is 1130. The van der Waals surface area contributed by atoms with E-state index in [1.165, 1.54) is 0 Å². The van der Waals surface area contributed by atoms with Crippen molar-refractivity contribution in [2.45, 2.75) is 19.3 Å². The zero-order valence-corrected chi connectivity index (χ0v) is 18.9. The Morgan fingerprint density at radius 2 is 1.70 bits per heavy atom. The average Bonchev–Trinajstić information content (AvgIpc) is 2.68. The van der Waals surface area contributed by atoms with Gasteiger partial charge < -0.3 is 10.1 Å². The van der Waals surface area contributed by atoms with Crippen molar-refractivity contribution < 1.29 is 17.9 Å². The summed E-state index contributed by atoms with van der Waals surface area (Å²) in [6, 6.07) is 22.1. The smallest absolute Gasteiger partial charge is 0.239 e. The third kappa shape index (κ3) is 6.71. The van der Waals surface area contributed by atoms with Gasteiger partial charge in [-0.15, -0.1) is 0 Å². The number of rotatable bonds is 8. The molecule has 0 aromatic heterocycles. The van der Waals surface area contributed by atoms with Crippen LogP contribution in [0.1, 0.15) is 16.7 Å². The second kappa shape index (κ2) is 9.91. The molecule has 3 aromatic carbocycles. The minimum Gasteiger partial charge on any atom is -0.487 e. The van der Waals surface area contributed by atoms with Gasteiger partial charge in [-0.25, -0.2) is 8.42 Å². The number of carbonyl (C=O) groups is 1. The summed E-state index contributed by atoms with van der Waals surface area (Å²) in [5.74, 6) is -0.911. The van der Waals surface area contributed by atoms with E-state index in [2.05, 4.69) is 21.2 Å². The largest absolute Gasteiger partial charge is 0.487 e. The van der Waals surface area contributed by atoms with Crippen molar-refractivity contribution in [3.63, 3.8) is 0 Å². The first-order chi connectivity index (χ1) is 14.3. The highest BCUT2D eigenvalue weighted by Gasteiger charge is 2.19. The molecule has 0 heterocycles. The molecular weight excluding hydrogens is 466 g/mol. The summed E-state index contributed by atoms with van der Waals surface area (Å²) < 4.78 is 31.6. The van der Waals surface area contributed by atoms with Crippen molar-refractivity contribution in [3.05, 3.63) is 94.0 Å². The molecule has 3 rings (SSSR count). The number of ether oxygens (including phenoxy) is 1. The SMILES string of the molecule is Cc1ccc(NC(=O)CS(=O)(=O)Cc2cccc(Br)c2)c(OCc2ccccc2)c1. The summed E-state index contributed by atoms with van der Waals surface area (Å²) in [7, 11) is -3.62. The first kappa shape index (κ1) is 22.1. The lowest BCUT2D eigenvalue weighted by Crippen LogP contribution is -2.24. The highest BCUT2D eigenvalue weighted by atomic mass is 79.9. The van der Waals surface area contributed by atoms with Crippen LogP contribution in [0.25, 0.3) is 0 Å². The Morgan fingerprint density at radius 1 is 0.967 bits per heavy atom. The van der Waals surface area contributed by atoms with Gasteiger partial charge in [0.1, 0.15) is 18.1 Å². The molecule has 0 bridgehead atoms. The summed E-state index contributed by atoms with van der Waals surface area (Å²) in [6.07, 6.45) is 0.